The van der Waals surface area contributed by atoms with E-state index in [2.05, 4.69) is 9.72 Å². The van der Waals surface area contributed by atoms with Gasteiger partial charge >= 0.3 is 6.36 Å². The molecule has 4 rings (SSSR count). The van der Waals surface area contributed by atoms with E-state index in [0.29, 0.717) is 45.3 Å². The van der Waals surface area contributed by atoms with Gasteiger partial charge in [-0.05, 0) is 49.9 Å². The highest BCUT2D eigenvalue weighted by Gasteiger charge is 2.53. The van der Waals surface area contributed by atoms with Crippen LogP contribution in [0.2, 0.25) is 0 Å². The van der Waals surface area contributed by atoms with E-state index in [-0.39, 0.29) is 11.5 Å². The first-order valence-corrected chi connectivity index (χ1v) is 10.2. The molecule has 3 heterocycles. The Morgan fingerprint density at radius 3 is 2.48 bits per heavy atom. The molecule has 31 heavy (non-hydrogen) atoms. The Hall–Kier alpha value is -3.10. The van der Waals surface area contributed by atoms with Crippen LogP contribution in [-0.4, -0.2) is 51.6 Å². The molecule has 1 aromatic carbocycles. The average Bonchev–Trinajstić information content (AvgIpc) is 3.15. The number of aromatic nitrogens is 1. The number of nitrogens with zero attached hydrogens (tertiary/aromatic N) is 3. The normalized spacial score (nSPS) is 21.6. The monoisotopic (exact) mass is 433 g/mol. The van der Waals surface area contributed by atoms with Gasteiger partial charge in [0.2, 0.25) is 5.91 Å². The third-order valence-electron chi connectivity index (χ3n) is 5.86. The van der Waals surface area contributed by atoms with Crippen LogP contribution in [0.5, 0.6) is 5.75 Å². The Bertz CT molecular complexity index is 967. The highest BCUT2D eigenvalue weighted by Crippen LogP contribution is 2.40. The molecule has 1 aromatic heterocycles. The fourth-order valence-corrected chi connectivity index (χ4v) is 4.56. The summed E-state index contributed by atoms with van der Waals surface area (Å²) in [4.78, 5) is 34.2. The van der Waals surface area contributed by atoms with Crippen LogP contribution >= 0.6 is 0 Å². The number of rotatable bonds is 4. The van der Waals surface area contributed by atoms with Gasteiger partial charge in [-0.15, -0.1) is 13.2 Å². The standard InChI is InChI=1S/C22H22F3N3O3/c23-22(24,25)31-18-9-2-1-8-17(18)19(29)28-14-6-11-21(28)10-5-13-27(20(21)30)15-16-7-3-4-12-26-16/h1-4,7-9,12H,5-6,10-11,13-15H2. The molecule has 2 amide bonds. The lowest BCUT2D eigenvalue weighted by molar-refractivity contribution is -0.274. The van der Waals surface area contributed by atoms with E-state index in [1.54, 1.807) is 17.2 Å². The molecule has 2 aromatic rings. The SMILES string of the molecule is O=C(c1ccccc1OC(F)(F)F)N1CCCC12CCCN(Cc1ccccn1)C2=O. The maximum absolute atomic E-state index is 13.5. The Kier molecular flexibility index (Phi) is 5.60. The van der Waals surface area contributed by atoms with E-state index in [1.807, 2.05) is 12.1 Å². The van der Waals surface area contributed by atoms with Crippen molar-refractivity contribution in [2.24, 2.45) is 0 Å². The number of para-hydroxylation sites is 1. The van der Waals surface area contributed by atoms with Crippen molar-refractivity contribution >= 4 is 11.8 Å². The Morgan fingerprint density at radius 2 is 1.77 bits per heavy atom. The van der Waals surface area contributed by atoms with E-state index in [0.717, 1.165) is 11.8 Å². The molecule has 2 aliphatic heterocycles. The number of piperidine rings is 1. The largest absolute Gasteiger partial charge is 0.573 e. The fourth-order valence-electron chi connectivity index (χ4n) is 4.56. The molecular formula is C22H22F3N3O3. The number of alkyl halides is 3. The summed E-state index contributed by atoms with van der Waals surface area (Å²) in [5, 5.41) is 0. The van der Waals surface area contributed by atoms with Crippen LogP contribution in [0.15, 0.2) is 48.7 Å². The number of ether oxygens (including phenoxy) is 1. The topological polar surface area (TPSA) is 62.7 Å². The third kappa shape index (κ3) is 4.22. The molecule has 1 spiro atoms. The lowest BCUT2D eigenvalue weighted by Crippen LogP contribution is -2.61. The molecular weight excluding hydrogens is 411 g/mol. The van der Waals surface area contributed by atoms with Crippen molar-refractivity contribution in [1.82, 2.24) is 14.8 Å². The molecule has 0 aliphatic carbocycles. The first-order chi connectivity index (χ1) is 14.8. The van der Waals surface area contributed by atoms with E-state index in [4.69, 9.17) is 0 Å². The molecule has 0 bridgehead atoms. The average molecular weight is 433 g/mol. The number of pyridine rings is 1. The summed E-state index contributed by atoms with van der Waals surface area (Å²) in [7, 11) is 0. The summed E-state index contributed by atoms with van der Waals surface area (Å²) in [5.41, 5.74) is -0.501. The maximum Gasteiger partial charge on any atom is 0.573 e. The molecule has 1 unspecified atom stereocenters. The Labute approximate surface area is 177 Å². The second-order valence-electron chi connectivity index (χ2n) is 7.79. The van der Waals surface area contributed by atoms with Gasteiger partial charge in [0.25, 0.3) is 5.91 Å². The predicted molar refractivity (Wildman–Crippen MR) is 105 cm³/mol. The van der Waals surface area contributed by atoms with Crippen molar-refractivity contribution < 1.29 is 27.5 Å². The van der Waals surface area contributed by atoms with Crippen LogP contribution in [-0.2, 0) is 11.3 Å². The lowest BCUT2D eigenvalue weighted by Gasteiger charge is -2.44. The first kappa shape index (κ1) is 21.1. The highest BCUT2D eigenvalue weighted by molar-refractivity contribution is 6.01. The van der Waals surface area contributed by atoms with E-state index < -0.39 is 23.6 Å². The van der Waals surface area contributed by atoms with E-state index >= 15 is 0 Å². The second kappa shape index (κ2) is 8.20. The number of amides is 2. The quantitative estimate of drug-likeness (QED) is 0.736. The predicted octanol–water partition coefficient (Wildman–Crippen LogP) is 3.78. The summed E-state index contributed by atoms with van der Waals surface area (Å²) in [6.45, 7) is 1.19. The van der Waals surface area contributed by atoms with Crippen LogP contribution in [0.4, 0.5) is 13.2 Å². The van der Waals surface area contributed by atoms with Gasteiger partial charge in [0, 0.05) is 19.3 Å². The van der Waals surface area contributed by atoms with Crippen LogP contribution in [0, 0.1) is 0 Å². The molecule has 6 nitrogen and oxygen atoms in total. The number of hydrogen-bond donors (Lipinski definition) is 0. The fraction of sp³-hybridized carbons (Fsp3) is 0.409. The molecule has 9 heteroatoms. The van der Waals surface area contributed by atoms with Crippen molar-refractivity contribution in [3.63, 3.8) is 0 Å². The number of hydrogen-bond acceptors (Lipinski definition) is 4. The highest BCUT2D eigenvalue weighted by atomic mass is 19.4. The summed E-state index contributed by atoms with van der Waals surface area (Å²) in [6.07, 6.45) is -0.987. The van der Waals surface area contributed by atoms with Gasteiger partial charge in [-0.2, -0.15) is 0 Å². The second-order valence-corrected chi connectivity index (χ2v) is 7.79. The van der Waals surface area contributed by atoms with Crippen molar-refractivity contribution in [2.75, 3.05) is 13.1 Å². The molecule has 0 radical (unpaired) electrons. The van der Waals surface area contributed by atoms with E-state index in [1.165, 1.54) is 23.1 Å². The molecule has 2 saturated heterocycles. The minimum Gasteiger partial charge on any atom is -0.405 e. The van der Waals surface area contributed by atoms with E-state index in [9.17, 15) is 22.8 Å². The molecule has 2 fully saturated rings. The zero-order valence-electron chi connectivity index (χ0n) is 16.8. The van der Waals surface area contributed by atoms with Crippen LogP contribution < -0.4 is 4.74 Å². The smallest absolute Gasteiger partial charge is 0.405 e. The van der Waals surface area contributed by atoms with Gasteiger partial charge in [-0.3, -0.25) is 14.6 Å². The molecule has 1 atom stereocenters. The number of halogens is 3. The Balaban J connectivity index is 1.61. The third-order valence-corrected chi connectivity index (χ3v) is 5.86. The molecule has 164 valence electrons. The Morgan fingerprint density at radius 1 is 1.06 bits per heavy atom. The van der Waals surface area contributed by atoms with Gasteiger partial charge in [0.1, 0.15) is 11.3 Å². The molecule has 0 saturated carbocycles. The summed E-state index contributed by atoms with van der Waals surface area (Å²) >= 11 is 0. The van der Waals surface area contributed by atoms with Crippen molar-refractivity contribution in [1.29, 1.82) is 0 Å². The first-order valence-electron chi connectivity index (χ1n) is 10.2. The summed E-state index contributed by atoms with van der Waals surface area (Å²) in [6, 6.07) is 10.7. The van der Waals surface area contributed by atoms with Gasteiger partial charge in [-0.25, -0.2) is 0 Å². The van der Waals surface area contributed by atoms with Crippen LogP contribution in [0.25, 0.3) is 0 Å². The van der Waals surface area contributed by atoms with Gasteiger partial charge in [0.15, 0.2) is 0 Å². The minimum absolute atomic E-state index is 0.176. The number of carbonyl (C=O) groups is 2. The lowest BCUT2D eigenvalue weighted by atomic mass is 9.85. The zero-order valence-corrected chi connectivity index (χ0v) is 16.8. The zero-order chi connectivity index (χ0) is 22.1. The van der Waals surface area contributed by atoms with Crippen molar-refractivity contribution in [2.45, 2.75) is 44.1 Å². The van der Waals surface area contributed by atoms with Gasteiger partial charge < -0.3 is 14.5 Å². The maximum atomic E-state index is 13.5. The molecule has 0 N–H and O–H groups in total. The number of carbonyl (C=O) groups excluding carboxylic acids is 2. The van der Waals surface area contributed by atoms with Crippen molar-refractivity contribution in [3.8, 4) is 5.75 Å². The van der Waals surface area contributed by atoms with Crippen LogP contribution in [0.3, 0.4) is 0 Å². The van der Waals surface area contributed by atoms with Crippen LogP contribution in [0.1, 0.15) is 41.7 Å². The summed E-state index contributed by atoms with van der Waals surface area (Å²) in [5.74, 6) is -1.36. The van der Waals surface area contributed by atoms with Gasteiger partial charge in [0.05, 0.1) is 17.8 Å². The number of likely N-dealkylation sites (tertiary alicyclic amines) is 2. The molecule has 2 aliphatic rings. The summed E-state index contributed by atoms with van der Waals surface area (Å²) < 4.78 is 42.5. The van der Waals surface area contributed by atoms with Crippen molar-refractivity contribution in [3.05, 3.63) is 59.9 Å². The number of benzene rings is 1. The minimum atomic E-state index is -4.92. The van der Waals surface area contributed by atoms with Gasteiger partial charge in [-0.1, -0.05) is 18.2 Å².